The maximum atomic E-state index is 12.0. The molecule has 1 aromatic carbocycles. The summed E-state index contributed by atoms with van der Waals surface area (Å²) in [6.45, 7) is 0.603. The number of nitrogens with two attached hydrogens (primary N) is 1. The molecule has 0 saturated heterocycles. The molecule has 2 atom stereocenters. The van der Waals surface area contributed by atoms with Gasteiger partial charge in [-0.25, -0.2) is 0 Å². The molecule has 0 bridgehead atoms. The second kappa shape index (κ2) is 6.39. The lowest BCUT2D eigenvalue weighted by Gasteiger charge is -2.25. The fourth-order valence-electron chi connectivity index (χ4n) is 2.52. The first-order chi connectivity index (χ1) is 9.06. The number of nitrogens with one attached hydrogen (secondary N) is 1. The molecule has 1 saturated carbocycles. The van der Waals surface area contributed by atoms with Crippen LogP contribution in [0.25, 0.3) is 0 Å². The summed E-state index contributed by atoms with van der Waals surface area (Å²) < 4.78 is 0.858. The molecular weight excluding hydrogens is 308 g/mol. The van der Waals surface area contributed by atoms with E-state index in [0.717, 1.165) is 30.2 Å². The number of carbonyl (C=O) groups excluding carboxylic acids is 1. The Morgan fingerprint density at radius 2 is 2.26 bits per heavy atom. The highest BCUT2D eigenvalue weighted by atomic mass is 79.9. The quantitative estimate of drug-likeness (QED) is 0.746. The van der Waals surface area contributed by atoms with Crippen molar-refractivity contribution in [1.29, 1.82) is 0 Å². The van der Waals surface area contributed by atoms with Crippen LogP contribution in [-0.2, 0) is 0 Å². The molecule has 2 rings (SSSR count). The number of nitrogen functional groups attached to an aromatic ring is 1. The van der Waals surface area contributed by atoms with E-state index in [0.29, 0.717) is 23.7 Å². The van der Waals surface area contributed by atoms with Gasteiger partial charge in [-0.15, -0.1) is 0 Å². The van der Waals surface area contributed by atoms with Crippen LogP contribution >= 0.6 is 15.9 Å². The van der Waals surface area contributed by atoms with E-state index >= 15 is 0 Å². The zero-order valence-electron chi connectivity index (χ0n) is 10.7. The smallest absolute Gasteiger partial charge is 0.253 e. The van der Waals surface area contributed by atoms with Gasteiger partial charge in [-0.1, -0.05) is 22.4 Å². The van der Waals surface area contributed by atoms with Crippen molar-refractivity contribution in [2.75, 3.05) is 12.3 Å². The molecule has 1 amide bonds. The van der Waals surface area contributed by atoms with Gasteiger partial charge in [0.05, 0.1) is 11.7 Å². The number of benzene rings is 1. The highest BCUT2D eigenvalue weighted by Gasteiger charge is 2.21. The maximum Gasteiger partial charge on any atom is 0.253 e. The number of hydrogen-bond donors (Lipinski definition) is 3. The van der Waals surface area contributed by atoms with E-state index in [1.807, 2.05) is 0 Å². The van der Waals surface area contributed by atoms with Crippen LogP contribution in [-0.4, -0.2) is 23.7 Å². The molecule has 4 N–H and O–H groups in total. The summed E-state index contributed by atoms with van der Waals surface area (Å²) in [4.78, 5) is 12.0. The predicted octanol–water partition coefficient (Wildman–Crippen LogP) is 2.31. The number of aliphatic hydroxyl groups excluding tert-OH is 1. The molecule has 1 fully saturated rings. The van der Waals surface area contributed by atoms with Gasteiger partial charge in [0.15, 0.2) is 0 Å². The van der Waals surface area contributed by atoms with Crippen LogP contribution in [0.4, 0.5) is 5.69 Å². The minimum Gasteiger partial charge on any atom is -0.398 e. The number of amides is 1. The molecule has 5 heteroatoms. The minimum absolute atomic E-state index is 0.148. The first-order valence-corrected chi connectivity index (χ1v) is 7.37. The zero-order chi connectivity index (χ0) is 13.8. The van der Waals surface area contributed by atoms with Crippen LogP contribution in [0.1, 0.15) is 36.0 Å². The van der Waals surface area contributed by atoms with Crippen molar-refractivity contribution in [1.82, 2.24) is 5.32 Å². The molecule has 0 aliphatic heterocycles. The summed E-state index contributed by atoms with van der Waals surface area (Å²) in [6, 6.07) is 5.24. The number of carbonyl (C=O) groups is 1. The van der Waals surface area contributed by atoms with E-state index in [1.54, 1.807) is 18.2 Å². The van der Waals surface area contributed by atoms with E-state index in [9.17, 15) is 9.90 Å². The fraction of sp³-hybridized carbons (Fsp3) is 0.500. The van der Waals surface area contributed by atoms with Crippen LogP contribution in [0.5, 0.6) is 0 Å². The van der Waals surface area contributed by atoms with Crippen LogP contribution in [0.3, 0.4) is 0 Å². The first kappa shape index (κ1) is 14.3. The van der Waals surface area contributed by atoms with E-state index < -0.39 is 0 Å². The molecule has 0 radical (unpaired) electrons. The Morgan fingerprint density at radius 1 is 1.47 bits per heavy atom. The minimum atomic E-state index is -0.214. The average molecular weight is 327 g/mol. The molecule has 104 valence electrons. The van der Waals surface area contributed by atoms with E-state index in [-0.39, 0.29) is 12.0 Å². The Labute approximate surface area is 121 Å². The van der Waals surface area contributed by atoms with Crippen molar-refractivity contribution in [3.63, 3.8) is 0 Å². The normalized spacial score (nSPS) is 23.1. The lowest BCUT2D eigenvalue weighted by molar-refractivity contribution is 0.0874. The number of rotatable bonds is 3. The summed E-state index contributed by atoms with van der Waals surface area (Å²) in [5, 5.41) is 12.5. The second-order valence-electron chi connectivity index (χ2n) is 5.13. The van der Waals surface area contributed by atoms with Crippen molar-refractivity contribution < 1.29 is 9.90 Å². The molecule has 0 spiro atoms. The second-order valence-corrected chi connectivity index (χ2v) is 6.04. The summed E-state index contributed by atoms with van der Waals surface area (Å²) in [5.74, 6) is 0.217. The van der Waals surface area contributed by atoms with Crippen LogP contribution in [0.2, 0.25) is 0 Å². The number of halogens is 1. The average Bonchev–Trinajstić information content (AvgIpc) is 2.36. The van der Waals surface area contributed by atoms with Crippen molar-refractivity contribution in [2.45, 2.75) is 31.8 Å². The SMILES string of the molecule is Nc1cc(Br)ccc1C(=O)NCC1CCCC(O)C1. The summed E-state index contributed by atoms with van der Waals surface area (Å²) in [7, 11) is 0. The van der Waals surface area contributed by atoms with Crippen LogP contribution in [0.15, 0.2) is 22.7 Å². The van der Waals surface area contributed by atoms with Gasteiger partial charge in [0, 0.05) is 16.7 Å². The third-order valence-electron chi connectivity index (χ3n) is 3.56. The van der Waals surface area contributed by atoms with Crippen LogP contribution in [0, 0.1) is 5.92 Å². The molecule has 2 unspecified atom stereocenters. The third-order valence-corrected chi connectivity index (χ3v) is 4.06. The largest absolute Gasteiger partial charge is 0.398 e. The summed E-state index contributed by atoms with van der Waals surface area (Å²) in [6.07, 6.45) is 3.53. The molecule has 19 heavy (non-hydrogen) atoms. The van der Waals surface area contributed by atoms with Crippen molar-refractivity contribution in [3.8, 4) is 0 Å². The topological polar surface area (TPSA) is 75.4 Å². The standard InChI is InChI=1S/C14H19BrN2O2/c15-10-4-5-12(13(16)7-10)14(19)17-8-9-2-1-3-11(18)6-9/h4-5,7,9,11,18H,1-3,6,8,16H2,(H,17,19). The lowest BCUT2D eigenvalue weighted by Crippen LogP contribution is -2.33. The van der Waals surface area contributed by atoms with E-state index in [4.69, 9.17) is 5.73 Å². The highest BCUT2D eigenvalue weighted by molar-refractivity contribution is 9.10. The zero-order valence-corrected chi connectivity index (χ0v) is 12.3. The molecular formula is C14H19BrN2O2. The lowest BCUT2D eigenvalue weighted by atomic mass is 9.87. The monoisotopic (exact) mass is 326 g/mol. The molecule has 1 aromatic rings. The number of anilines is 1. The van der Waals surface area contributed by atoms with Crippen molar-refractivity contribution in [3.05, 3.63) is 28.2 Å². The highest BCUT2D eigenvalue weighted by Crippen LogP contribution is 2.24. The Morgan fingerprint density at radius 3 is 2.95 bits per heavy atom. The molecule has 0 aromatic heterocycles. The summed E-state index contributed by atoms with van der Waals surface area (Å²) in [5.41, 5.74) is 6.79. The van der Waals surface area contributed by atoms with Gasteiger partial charge in [-0.3, -0.25) is 4.79 Å². The van der Waals surface area contributed by atoms with Gasteiger partial charge >= 0.3 is 0 Å². The van der Waals surface area contributed by atoms with Crippen LogP contribution < -0.4 is 11.1 Å². The maximum absolute atomic E-state index is 12.0. The van der Waals surface area contributed by atoms with Gasteiger partial charge < -0.3 is 16.2 Å². The Balaban J connectivity index is 1.90. The molecule has 0 heterocycles. The van der Waals surface area contributed by atoms with Gasteiger partial charge in [-0.2, -0.15) is 0 Å². The summed E-state index contributed by atoms with van der Waals surface area (Å²) >= 11 is 3.31. The van der Waals surface area contributed by atoms with Crippen molar-refractivity contribution in [2.24, 2.45) is 5.92 Å². The third kappa shape index (κ3) is 3.94. The van der Waals surface area contributed by atoms with Gasteiger partial charge in [0.2, 0.25) is 0 Å². The van der Waals surface area contributed by atoms with Gasteiger partial charge in [0.1, 0.15) is 0 Å². The fourth-order valence-corrected chi connectivity index (χ4v) is 2.90. The van der Waals surface area contributed by atoms with Crippen molar-refractivity contribution >= 4 is 27.5 Å². The Kier molecular flexibility index (Phi) is 4.82. The molecule has 1 aliphatic carbocycles. The van der Waals surface area contributed by atoms with E-state index in [2.05, 4.69) is 21.2 Å². The number of hydrogen-bond acceptors (Lipinski definition) is 3. The first-order valence-electron chi connectivity index (χ1n) is 6.57. The number of aliphatic hydroxyl groups is 1. The Hall–Kier alpha value is -1.07. The predicted molar refractivity (Wildman–Crippen MR) is 78.9 cm³/mol. The van der Waals surface area contributed by atoms with Gasteiger partial charge in [0.25, 0.3) is 5.91 Å². The Bertz CT molecular complexity index is 465. The molecule has 4 nitrogen and oxygen atoms in total. The van der Waals surface area contributed by atoms with E-state index in [1.165, 1.54) is 0 Å². The van der Waals surface area contributed by atoms with Gasteiger partial charge in [-0.05, 0) is 43.4 Å². The molecule has 1 aliphatic rings.